The van der Waals surface area contributed by atoms with Gasteiger partial charge >= 0.3 is 0 Å². The highest BCUT2D eigenvalue weighted by molar-refractivity contribution is 6.30. The van der Waals surface area contributed by atoms with Crippen LogP contribution < -0.4 is 5.73 Å². The Kier molecular flexibility index (Phi) is 3.41. The first-order valence-electron chi connectivity index (χ1n) is 5.04. The van der Waals surface area contributed by atoms with Gasteiger partial charge < -0.3 is 5.73 Å². The number of nitrogens with two attached hydrogens (primary N) is 1. The Morgan fingerprint density at radius 2 is 1.71 bits per heavy atom. The molecule has 0 bridgehead atoms. The fraction of sp³-hybridized carbons (Fsp3) is 0.0769. The summed E-state index contributed by atoms with van der Waals surface area (Å²) in [5.41, 5.74) is 7.07. The van der Waals surface area contributed by atoms with Crippen LogP contribution in [0.1, 0.15) is 17.2 Å². The molecule has 88 valence electrons. The molecular formula is C13H10ClF2N. The predicted molar refractivity (Wildman–Crippen MR) is 63.8 cm³/mol. The highest BCUT2D eigenvalue weighted by Gasteiger charge is 2.11. The first-order chi connectivity index (χ1) is 8.08. The highest BCUT2D eigenvalue weighted by Crippen LogP contribution is 2.23. The summed E-state index contributed by atoms with van der Waals surface area (Å²) in [7, 11) is 0. The van der Waals surface area contributed by atoms with Crippen LogP contribution in [0.25, 0.3) is 0 Å². The van der Waals surface area contributed by atoms with E-state index in [0.29, 0.717) is 11.1 Å². The van der Waals surface area contributed by atoms with Crippen LogP contribution in [0.3, 0.4) is 0 Å². The monoisotopic (exact) mass is 253 g/mol. The number of benzene rings is 2. The van der Waals surface area contributed by atoms with Crippen LogP contribution in [0.4, 0.5) is 8.78 Å². The molecular weight excluding hydrogens is 244 g/mol. The highest BCUT2D eigenvalue weighted by atomic mass is 35.5. The molecule has 17 heavy (non-hydrogen) atoms. The van der Waals surface area contributed by atoms with Crippen LogP contribution >= 0.6 is 11.6 Å². The lowest BCUT2D eigenvalue weighted by Crippen LogP contribution is -2.12. The van der Waals surface area contributed by atoms with Crippen LogP contribution in [0, 0.1) is 11.6 Å². The molecule has 0 spiro atoms. The zero-order chi connectivity index (χ0) is 12.4. The fourth-order valence-electron chi connectivity index (χ4n) is 1.60. The van der Waals surface area contributed by atoms with E-state index in [1.54, 1.807) is 18.2 Å². The van der Waals surface area contributed by atoms with Crippen molar-refractivity contribution < 1.29 is 8.78 Å². The van der Waals surface area contributed by atoms with Gasteiger partial charge in [-0.15, -0.1) is 0 Å². The molecule has 4 heteroatoms. The average Bonchev–Trinajstić information content (AvgIpc) is 2.32. The van der Waals surface area contributed by atoms with Crippen LogP contribution in [-0.4, -0.2) is 0 Å². The van der Waals surface area contributed by atoms with Gasteiger partial charge in [0.25, 0.3) is 0 Å². The van der Waals surface area contributed by atoms with E-state index in [2.05, 4.69) is 0 Å². The number of hydrogen-bond donors (Lipinski definition) is 1. The molecule has 0 heterocycles. The lowest BCUT2D eigenvalue weighted by Gasteiger charge is -2.13. The third-order valence-electron chi connectivity index (χ3n) is 2.51. The zero-order valence-corrected chi connectivity index (χ0v) is 9.59. The summed E-state index contributed by atoms with van der Waals surface area (Å²) >= 11 is 5.58. The lowest BCUT2D eigenvalue weighted by atomic mass is 9.99. The van der Waals surface area contributed by atoms with E-state index in [9.17, 15) is 8.78 Å². The van der Waals surface area contributed by atoms with Crippen molar-refractivity contribution in [2.45, 2.75) is 6.04 Å². The molecule has 0 fully saturated rings. The van der Waals surface area contributed by atoms with Gasteiger partial charge in [0, 0.05) is 0 Å². The summed E-state index contributed by atoms with van der Waals surface area (Å²) < 4.78 is 26.3. The molecule has 0 aliphatic rings. The molecule has 2 aromatic carbocycles. The maximum atomic E-state index is 13.3. The van der Waals surface area contributed by atoms with Gasteiger partial charge in [-0.3, -0.25) is 0 Å². The summed E-state index contributed by atoms with van der Waals surface area (Å²) in [5, 5.41) is 0.0418. The van der Waals surface area contributed by atoms with E-state index >= 15 is 0 Å². The second kappa shape index (κ2) is 4.82. The van der Waals surface area contributed by atoms with E-state index in [-0.39, 0.29) is 10.8 Å². The molecule has 2 aromatic rings. The van der Waals surface area contributed by atoms with Crippen molar-refractivity contribution in [3.63, 3.8) is 0 Å². The molecule has 0 aliphatic carbocycles. The summed E-state index contributed by atoms with van der Waals surface area (Å²) in [6, 6.07) is 9.68. The Morgan fingerprint density at radius 3 is 2.35 bits per heavy atom. The summed E-state index contributed by atoms with van der Waals surface area (Å²) in [4.78, 5) is 0. The Hall–Kier alpha value is -1.45. The SMILES string of the molecule is NC(c1cccc(F)c1)c1ccc(Cl)c(F)c1. The van der Waals surface area contributed by atoms with Crippen LogP contribution in [0.2, 0.25) is 5.02 Å². The minimum atomic E-state index is -0.572. The lowest BCUT2D eigenvalue weighted by molar-refractivity contribution is 0.620. The molecule has 1 atom stereocenters. The normalized spacial score (nSPS) is 12.5. The summed E-state index contributed by atoms with van der Waals surface area (Å²) in [6.07, 6.45) is 0. The molecule has 0 amide bonds. The Bertz CT molecular complexity index is 543. The number of rotatable bonds is 2. The standard InChI is InChI=1S/C13H10ClF2N/c14-11-5-4-9(7-12(11)16)13(17)8-2-1-3-10(15)6-8/h1-7,13H,17H2. The van der Waals surface area contributed by atoms with E-state index in [0.717, 1.165) is 0 Å². The van der Waals surface area contributed by atoms with Crippen molar-refractivity contribution >= 4 is 11.6 Å². The van der Waals surface area contributed by atoms with Gasteiger partial charge in [0.1, 0.15) is 11.6 Å². The van der Waals surface area contributed by atoms with Crippen LogP contribution in [0.5, 0.6) is 0 Å². The van der Waals surface area contributed by atoms with Crippen molar-refractivity contribution in [2.75, 3.05) is 0 Å². The summed E-state index contributed by atoms with van der Waals surface area (Å²) in [5.74, 6) is -0.900. The molecule has 2 N–H and O–H groups in total. The minimum Gasteiger partial charge on any atom is -0.320 e. The molecule has 2 rings (SSSR count). The molecule has 0 aliphatic heterocycles. The first-order valence-corrected chi connectivity index (χ1v) is 5.41. The number of hydrogen-bond acceptors (Lipinski definition) is 1. The van der Waals surface area contributed by atoms with E-state index in [4.69, 9.17) is 17.3 Å². The maximum absolute atomic E-state index is 13.3. The molecule has 0 aromatic heterocycles. The Labute approximate surface area is 103 Å². The minimum absolute atomic E-state index is 0.0418. The van der Waals surface area contributed by atoms with Gasteiger partial charge in [0.15, 0.2) is 0 Å². The molecule has 0 radical (unpaired) electrons. The molecule has 0 saturated carbocycles. The van der Waals surface area contributed by atoms with Gasteiger partial charge in [-0.25, -0.2) is 8.78 Å². The Morgan fingerprint density at radius 1 is 1.00 bits per heavy atom. The summed E-state index contributed by atoms with van der Waals surface area (Å²) in [6.45, 7) is 0. The van der Waals surface area contributed by atoms with Crippen LogP contribution in [0.15, 0.2) is 42.5 Å². The zero-order valence-electron chi connectivity index (χ0n) is 8.83. The van der Waals surface area contributed by atoms with Crippen molar-refractivity contribution in [1.82, 2.24) is 0 Å². The first kappa shape index (κ1) is 12.0. The van der Waals surface area contributed by atoms with E-state index < -0.39 is 11.9 Å². The second-order valence-corrected chi connectivity index (χ2v) is 4.11. The smallest absolute Gasteiger partial charge is 0.142 e. The fourth-order valence-corrected chi connectivity index (χ4v) is 1.72. The van der Waals surface area contributed by atoms with E-state index in [1.807, 2.05) is 0 Å². The quantitative estimate of drug-likeness (QED) is 0.868. The average molecular weight is 254 g/mol. The van der Waals surface area contributed by atoms with Gasteiger partial charge in [-0.2, -0.15) is 0 Å². The molecule has 1 nitrogen and oxygen atoms in total. The van der Waals surface area contributed by atoms with E-state index in [1.165, 1.54) is 24.3 Å². The number of halogens is 3. The predicted octanol–water partition coefficient (Wildman–Crippen LogP) is 3.67. The van der Waals surface area contributed by atoms with Gasteiger partial charge in [0.2, 0.25) is 0 Å². The maximum Gasteiger partial charge on any atom is 0.142 e. The van der Waals surface area contributed by atoms with Crippen molar-refractivity contribution in [1.29, 1.82) is 0 Å². The molecule has 0 saturated heterocycles. The van der Waals surface area contributed by atoms with Gasteiger partial charge in [-0.05, 0) is 35.4 Å². The second-order valence-electron chi connectivity index (χ2n) is 3.71. The Balaban J connectivity index is 2.36. The van der Waals surface area contributed by atoms with Crippen LogP contribution in [-0.2, 0) is 0 Å². The van der Waals surface area contributed by atoms with Gasteiger partial charge in [-0.1, -0.05) is 29.8 Å². The third kappa shape index (κ3) is 2.62. The molecule has 1 unspecified atom stereocenters. The van der Waals surface area contributed by atoms with Gasteiger partial charge in [0.05, 0.1) is 11.1 Å². The third-order valence-corrected chi connectivity index (χ3v) is 2.82. The van der Waals surface area contributed by atoms with Crippen molar-refractivity contribution in [3.8, 4) is 0 Å². The largest absolute Gasteiger partial charge is 0.320 e. The van der Waals surface area contributed by atoms with Crippen molar-refractivity contribution in [3.05, 3.63) is 70.2 Å². The topological polar surface area (TPSA) is 26.0 Å². The van der Waals surface area contributed by atoms with Crippen molar-refractivity contribution in [2.24, 2.45) is 5.73 Å².